The molecule has 321 valence electrons. The van der Waals surface area contributed by atoms with Crippen molar-refractivity contribution in [3.63, 3.8) is 0 Å². The molecule has 0 amide bonds. The number of benzene rings is 2. The number of pyridine rings is 3. The molecule has 0 bridgehead atoms. The van der Waals surface area contributed by atoms with Crippen molar-refractivity contribution in [2.24, 2.45) is 33.0 Å². The number of hydrogen-bond acceptors (Lipinski definition) is 4. The maximum Gasteiger partial charge on any atom is 0.216 e. The third-order valence-electron chi connectivity index (χ3n) is 11.4. The zero-order valence-electron chi connectivity index (χ0n) is 49.0. The van der Waals surface area contributed by atoms with Gasteiger partial charge in [-0.25, -0.2) is 4.98 Å². The van der Waals surface area contributed by atoms with Gasteiger partial charge >= 0.3 is 0 Å². The molecule has 2 saturated carbocycles. The molecular weight excluding hydrogens is 911 g/mol. The van der Waals surface area contributed by atoms with E-state index in [1.54, 1.807) is 78.1 Å². The molecule has 0 atom stereocenters. The van der Waals surface area contributed by atoms with E-state index < -0.39 is 43.7 Å². The van der Waals surface area contributed by atoms with E-state index in [1.807, 2.05) is 12.1 Å². The van der Waals surface area contributed by atoms with Gasteiger partial charge in [0.1, 0.15) is 0 Å². The molecule has 0 N–H and O–H groups in total. The molecule has 4 nitrogen and oxygen atoms in total. The summed E-state index contributed by atoms with van der Waals surface area (Å²) in [5.41, 5.74) is 3.56. The van der Waals surface area contributed by atoms with Crippen molar-refractivity contribution in [3.05, 3.63) is 113 Å². The smallest absolute Gasteiger partial charge is 0.216 e. The van der Waals surface area contributed by atoms with Gasteiger partial charge in [-0.2, -0.15) is 0 Å². The minimum absolute atomic E-state index is 0. The Morgan fingerprint density at radius 2 is 1.50 bits per heavy atom. The second-order valence-corrected chi connectivity index (χ2v) is 20.8. The molecule has 0 aliphatic heterocycles. The van der Waals surface area contributed by atoms with Crippen LogP contribution in [0.5, 0.6) is 0 Å². The zero-order chi connectivity index (χ0) is 52.8. The van der Waals surface area contributed by atoms with Crippen LogP contribution in [0.1, 0.15) is 159 Å². The predicted octanol–water partition coefficient (Wildman–Crippen LogP) is 15.1. The van der Waals surface area contributed by atoms with Crippen LogP contribution in [-0.2, 0) is 39.2 Å². The molecule has 0 saturated heterocycles. The van der Waals surface area contributed by atoms with Gasteiger partial charge in [-0.15, -0.1) is 53.6 Å². The van der Waals surface area contributed by atoms with Crippen molar-refractivity contribution in [3.8, 4) is 22.5 Å². The first-order chi connectivity index (χ1) is 32.4. The van der Waals surface area contributed by atoms with E-state index in [-0.39, 0.29) is 54.1 Å². The van der Waals surface area contributed by atoms with Gasteiger partial charge in [0, 0.05) is 60.0 Å². The fourth-order valence-electron chi connectivity index (χ4n) is 10.1. The number of aryl methyl sites for hydroxylation is 2. The Hall–Kier alpha value is -3.66. The van der Waals surface area contributed by atoms with Crippen molar-refractivity contribution < 1.29 is 41.0 Å². The maximum absolute atomic E-state index is 9.25. The Labute approximate surface area is 392 Å². The maximum atomic E-state index is 9.25. The molecule has 4 aromatic heterocycles. The van der Waals surface area contributed by atoms with E-state index >= 15 is 0 Å². The van der Waals surface area contributed by atoms with E-state index in [2.05, 4.69) is 54.8 Å². The van der Waals surface area contributed by atoms with Crippen molar-refractivity contribution >= 4 is 22.1 Å². The number of aromatic nitrogens is 3. The third-order valence-corrected chi connectivity index (χ3v) is 11.4. The van der Waals surface area contributed by atoms with E-state index in [0.717, 1.165) is 36.5 Å². The average Bonchev–Trinajstić information content (AvgIpc) is 3.62. The summed E-state index contributed by atoms with van der Waals surface area (Å²) >= 11 is 0. The molecule has 0 unspecified atom stereocenters. The molecule has 1 radical (unpaired) electrons. The molecule has 1 spiro atoms. The van der Waals surface area contributed by atoms with Crippen LogP contribution in [0, 0.1) is 58.8 Å². The quantitative estimate of drug-likeness (QED) is 0.156. The van der Waals surface area contributed by atoms with Crippen LogP contribution in [0.15, 0.2) is 77.5 Å². The number of furan rings is 1. The van der Waals surface area contributed by atoms with Crippen molar-refractivity contribution in [1.29, 1.82) is 0 Å². The van der Waals surface area contributed by atoms with Crippen LogP contribution in [-0.4, -0.2) is 15.0 Å². The fourth-order valence-corrected chi connectivity index (χ4v) is 10.1. The molecule has 2 aromatic carbocycles. The van der Waals surface area contributed by atoms with Gasteiger partial charge < -0.3 is 14.4 Å². The molecule has 2 fully saturated rings. The van der Waals surface area contributed by atoms with Crippen LogP contribution in [0.3, 0.4) is 0 Å². The average molecular weight is 992 g/mol. The largest absolute Gasteiger partial charge is 0.486 e. The Balaban J connectivity index is 0.000000244. The number of nitrogens with zero attached hydrogens (tertiary/aromatic N) is 3. The molecular formula is C55H69IrN3O-2. The summed E-state index contributed by atoms with van der Waals surface area (Å²) in [5, 5.41) is 1.52. The van der Waals surface area contributed by atoms with Gasteiger partial charge in [0.25, 0.3) is 0 Å². The van der Waals surface area contributed by atoms with Crippen LogP contribution < -0.4 is 0 Å². The monoisotopic (exact) mass is 993 g/mol. The van der Waals surface area contributed by atoms with Crippen LogP contribution >= 0.6 is 0 Å². The van der Waals surface area contributed by atoms with E-state index in [9.17, 15) is 2.74 Å². The van der Waals surface area contributed by atoms with Crippen LogP contribution in [0.4, 0.5) is 0 Å². The Morgan fingerprint density at radius 3 is 2.15 bits per heavy atom. The van der Waals surface area contributed by atoms with E-state index in [1.165, 1.54) is 43.7 Å². The molecule has 6 aromatic rings. The number of hydrogen-bond donors (Lipinski definition) is 0. The zero-order valence-corrected chi connectivity index (χ0v) is 39.4. The SMILES string of the molecule is [2H]C([2H])([2H])c1c[c-]c(-c2cc(C([2H])([2H])C(C)(C)C)c(C([2H])([2H])C(C)(C)C)cn2)cc1.[2H]C([2H])([2H])c1ccc2c(n1)oc1c(-c3cc(C([2H])([2H])C4CCC5(CC4)CC(C)(C)CC(C)(C)C5)ccn3)[c-]ccc12.[Ir]. The van der Waals surface area contributed by atoms with Gasteiger partial charge in [0.15, 0.2) is 0 Å². The Bertz CT molecular complexity index is 2880. The first-order valence-electron chi connectivity index (χ1n) is 27.1. The molecule has 2 aliphatic rings. The first kappa shape index (κ1) is 32.1. The molecule has 2 aliphatic carbocycles. The second-order valence-electron chi connectivity index (χ2n) is 20.8. The van der Waals surface area contributed by atoms with Gasteiger partial charge in [-0.1, -0.05) is 105 Å². The molecule has 8 rings (SSSR count). The summed E-state index contributed by atoms with van der Waals surface area (Å²) in [4.78, 5) is 13.2. The first-order valence-corrected chi connectivity index (χ1v) is 21.1. The van der Waals surface area contributed by atoms with Crippen molar-refractivity contribution in [2.75, 3.05) is 0 Å². The van der Waals surface area contributed by atoms with E-state index in [0.29, 0.717) is 49.9 Å². The van der Waals surface area contributed by atoms with Crippen LogP contribution in [0.2, 0.25) is 0 Å². The number of rotatable bonds is 6. The third kappa shape index (κ3) is 11.4. The van der Waals surface area contributed by atoms with Gasteiger partial charge in [0.2, 0.25) is 5.71 Å². The van der Waals surface area contributed by atoms with Crippen molar-refractivity contribution in [2.45, 2.75) is 147 Å². The fraction of sp³-hybridized carbons (Fsp3) is 0.509. The van der Waals surface area contributed by atoms with Crippen molar-refractivity contribution in [1.82, 2.24) is 15.0 Å². The summed E-state index contributed by atoms with van der Waals surface area (Å²) in [7, 11) is 0. The topological polar surface area (TPSA) is 51.8 Å². The van der Waals surface area contributed by atoms with Gasteiger partial charge in [-0.05, 0) is 145 Å². The minimum atomic E-state index is -2.33. The van der Waals surface area contributed by atoms with Crippen LogP contribution in [0.25, 0.3) is 44.6 Å². The summed E-state index contributed by atoms with van der Waals surface area (Å²) < 4.78 is 105. The van der Waals surface area contributed by atoms with Gasteiger partial charge in [0.05, 0.1) is 5.58 Å². The summed E-state index contributed by atoms with van der Waals surface area (Å²) in [5.74, 6) is -0.0509. The Morgan fingerprint density at radius 1 is 0.783 bits per heavy atom. The van der Waals surface area contributed by atoms with E-state index in [4.69, 9.17) is 18.1 Å². The molecule has 5 heteroatoms. The molecule has 4 heterocycles. The minimum Gasteiger partial charge on any atom is -0.486 e. The second kappa shape index (κ2) is 17.6. The summed E-state index contributed by atoms with van der Waals surface area (Å²) in [6, 6.07) is 22.7. The molecule has 60 heavy (non-hydrogen) atoms. The number of fused-ring (bicyclic) bond motifs is 3. The van der Waals surface area contributed by atoms with Gasteiger partial charge in [-0.3, -0.25) is 0 Å². The summed E-state index contributed by atoms with van der Waals surface area (Å²) in [6.45, 7) is 15.7. The standard InChI is InChI=1S/C33H39N2O.C22H30N.Ir/c1-22-9-10-26-25-7-6-8-27(29(25)36-30(26)35-22)28-18-24(13-16-34-28)17-23-11-14-33(15-12-23)20-31(2,3)19-32(4,5)21-33;1-16-8-10-17(11-9-16)20-12-18(13-21(2,3)4)19(15-23-20)14-22(5,6)7;/h6-7,9-10,13,16,18,23H,11-12,14-15,17,19-21H2,1-5H3;8-10,12,15H,13-14H2,1-7H3;/q2*-1;/i1D3,17D2;1D3,13D2,14D2;. The summed E-state index contributed by atoms with van der Waals surface area (Å²) in [6.07, 6.45) is 5.59. The Kier molecular flexibility index (Phi) is 9.41. The predicted molar refractivity (Wildman–Crippen MR) is 247 cm³/mol. The normalized spacial score (nSPS) is 21.7.